The molecule has 3 heterocycles. The van der Waals surface area contributed by atoms with Gasteiger partial charge in [-0.25, -0.2) is 4.79 Å². The second-order valence-corrected chi connectivity index (χ2v) is 18.0. The first-order valence-corrected chi connectivity index (χ1v) is 20.0. The van der Waals surface area contributed by atoms with E-state index in [4.69, 9.17) is 0 Å². The van der Waals surface area contributed by atoms with Crippen molar-refractivity contribution in [1.29, 1.82) is 0 Å². The lowest BCUT2D eigenvalue weighted by atomic mass is 9.86. The minimum absolute atomic E-state index is 0.00706. The van der Waals surface area contributed by atoms with Crippen molar-refractivity contribution in [2.45, 2.75) is 155 Å². The molecule has 3 aliphatic heterocycles. The number of imide groups is 1. The SMILES string of the molecule is C=C1CCC(C)C(=O)N(C[C@@H](NC(=O)N[C@H]2CCCCCCCCC[C@@H](C(=O)C(=O)NC3CC3)NC(=O)[C@@H]3[C@@H]4[C@H](CN3C2=O)C4(C)C)C(C)(C)C)C1=O. The van der Waals surface area contributed by atoms with Crippen LogP contribution in [0.2, 0.25) is 0 Å². The van der Waals surface area contributed by atoms with Gasteiger partial charge in [-0.2, -0.15) is 0 Å². The molecule has 0 aromatic rings. The van der Waals surface area contributed by atoms with Gasteiger partial charge >= 0.3 is 6.03 Å². The van der Waals surface area contributed by atoms with Crippen LogP contribution >= 0.6 is 0 Å². The maximum Gasteiger partial charge on any atom is 0.315 e. The smallest absolute Gasteiger partial charge is 0.315 e. The van der Waals surface area contributed by atoms with Crippen LogP contribution in [-0.2, 0) is 28.8 Å². The van der Waals surface area contributed by atoms with Crippen molar-refractivity contribution in [3.63, 3.8) is 0 Å². The summed E-state index contributed by atoms with van der Waals surface area (Å²) in [5.74, 6) is -3.27. The highest BCUT2D eigenvalue weighted by atomic mass is 16.2. The lowest BCUT2D eigenvalue weighted by Gasteiger charge is -2.36. The van der Waals surface area contributed by atoms with Gasteiger partial charge in [0.15, 0.2) is 0 Å². The molecule has 0 radical (unpaired) electrons. The number of carbonyl (C=O) groups is 7. The highest BCUT2D eigenvalue weighted by molar-refractivity contribution is 6.38. The first-order chi connectivity index (χ1) is 24.9. The van der Waals surface area contributed by atoms with Crippen LogP contribution in [0, 0.1) is 28.6 Å². The summed E-state index contributed by atoms with van der Waals surface area (Å²) in [6, 6.07) is -3.99. The zero-order valence-corrected chi connectivity index (χ0v) is 32.7. The topological polar surface area (TPSA) is 174 Å². The van der Waals surface area contributed by atoms with Crippen molar-refractivity contribution in [3.05, 3.63) is 12.2 Å². The summed E-state index contributed by atoms with van der Waals surface area (Å²) < 4.78 is 0. The number of nitrogens with one attached hydrogen (secondary N) is 4. The fourth-order valence-corrected chi connectivity index (χ4v) is 8.45. The molecule has 0 bridgehead atoms. The Morgan fingerprint density at radius 3 is 2.13 bits per heavy atom. The lowest BCUT2D eigenvalue weighted by molar-refractivity contribution is -0.145. The summed E-state index contributed by atoms with van der Waals surface area (Å²) in [6.07, 6.45) is 9.36. The Labute approximate surface area is 314 Å². The van der Waals surface area contributed by atoms with E-state index in [-0.39, 0.29) is 47.6 Å². The summed E-state index contributed by atoms with van der Waals surface area (Å²) in [6.45, 7) is 15.9. The molecular formula is C40H62N6O7. The Balaban J connectivity index is 1.35. The molecule has 7 atom stereocenters. The van der Waals surface area contributed by atoms with Gasteiger partial charge in [0, 0.05) is 30.6 Å². The van der Waals surface area contributed by atoms with Crippen LogP contribution in [0.4, 0.5) is 4.79 Å². The van der Waals surface area contributed by atoms with Crippen molar-refractivity contribution in [3.8, 4) is 0 Å². The van der Waals surface area contributed by atoms with Crippen LogP contribution in [0.1, 0.15) is 125 Å². The molecule has 3 saturated heterocycles. The zero-order chi connectivity index (χ0) is 38.8. The number of hydrogen-bond donors (Lipinski definition) is 4. The van der Waals surface area contributed by atoms with Gasteiger partial charge in [-0.05, 0) is 61.2 Å². The molecule has 0 aromatic carbocycles. The number of piperidine rings is 1. The first kappa shape index (κ1) is 40.4. The second kappa shape index (κ2) is 16.3. The highest BCUT2D eigenvalue weighted by Crippen LogP contribution is 2.65. The number of amides is 7. The van der Waals surface area contributed by atoms with E-state index in [1.807, 2.05) is 20.8 Å². The molecular weight excluding hydrogens is 676 g/mol. The number of urea groups is 1. The van der Waals surface area contributed by atoms with Crippen molar-refractivity contribution in [2.24, 2.45) is 28.6 Å². The number of hydrogen-bond acceptors (Lipinski definition) is 7. The number of rotatable bonds is 7. The molecule has 294 valence electrons. The maximum atomic E-state index is 14.5. The van der Waals surface area contributed by atoms with E-state index < -0.39 is 59.1 Å². The van der Waals surface area contributed by atoms with Gasteiger partial charge in [0.1, 0.15) is 12.1 Å². The fraction of sp³-hybridized carbons (Fsp3) is 0.775. The summed E-state index contributed by atoms with van der Waals surface area (Å²) in [5, 5.41) is 11.6. The summed E-state index contributed by atoms with van der Waals surface area (Å²) in [5.41, 5.74) is -0.388. The van der Waals surface area contributed by atoms with E-state index in [0.717, 1.165) is 44.9 Å². The molecule has 0 aromatic heterocycles. The number of likely N-dealkylation sites (tertiary alicyclic amines) is 1. The minimum atomic E-state index is -0.982. The summed E-state index contributed by atoms with van der Waals surface area (Å²) in [7, 11) is 0. The van der Waals surface area contributed by atoms with Crippen LogP contribution < -0.4 is 21.3 Å². The number of Topliss-reactive ketones (excluding diaryl/α,β-unsaturated/α-hetero) is 1. The highest BCUT2D eigenvalue weighted by Gasteiger charge is 2.69. The Morgan fingerprint density at radius 1 is 0.887 bits per heavy atom. The fourth-order valence-electron chi connectivity index (χ4n) is 8.45. The van der Waals surface area contributed by atoms with Gasteiger partial charge in [-0.15, -0.1) is 0 Å². The average molecular weight is 739 g/mol. The van der Waals surface area contributed by atoms with E-state index in [2.05, 4.69) is 41.7 Å². The lowest BCUT2D eigenvalue weighted by Crippen LogP contribution is -2.60. The van der Waals surface area contributed by atoms with Crippen LogP contribution in [0.3, 0.4) is 0 Å². The maximum absolute atomic E-state index is 14.5. The Morgan fingerprint density at radius 2 is 1.51 bits per heavy atom. The number of carbonyl (C=O) groups excluding carboxylic acids is 7. The molecule has 13 nitrogen and oxygen atoms in total. The van der Waals surface area contributed by atoms with Crippen LogP contribution in [0.15, 0.2) is 12.2 Å². The monoisotopic (exact) mass is 738 g/mol. The van der Waals surface area contributed by atoms with Crippen molar-refractivity contribution >= 4 is 41.4 Å². The third-order valence-electron chi connectivity index (χ3n) is 12.4. The van der Waals surface area contributed by atoms with Gasteiger partial charge < -0.3 is 26.2 Å². The van der Waals surface area contributed by atoms with Gasteiger partial charge in [0.2, 0.25) is 23.5 Å². The van der Waals surface area contributed by atoms with Crippen LogP contribution in [0.25, 0.3) is 0 Å². The van der Waals surface area contributed by atoms with Crippen LogP contribution in [-0.4, -0.2) is 94.4 Å². The molecule has 5 rings (SSSR count). The molecule has 13 heteroatoms. The number of nitrogens with zero attached hydrogens (tertiary/aromatic N) is 2. The predicted molar refractivity (Wildman–Crippen MR) is 199 cm³/mol. The molecule has 2 aliphatic carbocycles. The quantitative estimate of drug-likeness (QED) is 0.175. The normalized spacial score (nSPS) is 30.7. The van der Waals surface area contributed by atoms with Gasteiger partial charge in [0.05, 0.1) is 12.1 Å². The largest absolute Gasteiger partial charge is 0.347 e. The summed E-state index contributed by atoms with van der Waals surface area (Å²) >= 11 is 0. The Hall–Kier alpha value is -3.77. The Kier molecular flexibility index (Phi) is 12.4. The van der Waals surface area contributed by atoms with E-state index >= 15 is 0 Å². The standard InChI is InChI=1S/C40H62N6O7/c1-23-17-18-24(2)36(51)46(35(23)50)22-29(39(3,4)5)44-38(53)43-28-16-14-12-10-8-9-11-13-15-27(32(47)34(49)41-25-19-20-25)42-33(48)31-30-26(40(30,6)7)21-45(31)37(28)52/h24-31H,1,8-22H2,2-7H3,(H,41,49)(H,42,48)(H2,43,44,53)/t24?,26-,27-,28-,29+,30-,31-/m0/s1. The summed E-state index contributed by atoms with van der Waals surface area (Å²) in [4.78, 5) is 97.8. The zero-order valence-electron chi connectivity index (χ0n) is 32.7. The van der Waals surface area contributed by atoms with E-state index in [9.17, 15) is 33.6 Å². The van der Waals surface area contributed by atoms with E-state index in [1.165, 1.54) is 4.90 Å². The molecule has 0 spiro atoms. The third kappa shape index (κ3) is 9.49. The molecule has 1 unspecified atom stereocenters. The minimum Gasteiger partial charge on any atom is -0.347 e. The molecule has 4 N–H and O–H groups in total. The molecule has 5 fully saturated rings. The number of ketones is 1. The van der Waals surface area contributed by atoms with E-state index in [0.29, 0.717) is 50.6 Å². The Bertz CT molecular complexity index is 1480. The van der Waals surface area contributed by atoms with Crippen molar-refractivity contribution in [2.75, 3.05) is 13.1 Å². The molecule has 5 aliphatic rings. The van der Waals surface area contributed by atoms with Crippen LogP contribution in [0.5, 0.6) is 0 Å². The first-order valence-electron chi connectivity index (χ1n) is 20.0. The van der Waals surface area contributed by atoms with Gasteiger partial charge in [-0.3, -0.25) is 33.7 Å². The average Bonchev–Trinajstić information content (AvgIpc) is 3.95. The van der Waals surface area contributed by atoms with Gasteiger partial charge in [-0.1, -0.05) is 93.1 Å². The molecule has 2 saturated carbocycles. The second-order valence-electron chi connectivity index (χ2n) is 18.0. The number of fused-ring (bicyclic) bond motifs is 3. The molecule has 53 heavy (non-hydrogen) atoms. The third-order valence-corrected chi connectivity index (χ3v) is 12.4. The molecule has 7 amide bonds. The van der Waals surface area contributed by atoms with Crippen molar-refractivity contribution in [1.82, 2.24) is 31.1 Å². The van der Waals surface area contributed by atoms with Crippen molar-refractivity contribution < 1.29 is 33.6 Å². The predicted octanol–water partition coefficient (Wildman–Crippen LogP) is 3.75. The van der Waals surface area contributed by atoms with E-state index in [1.54, 1.807) is 11.8 Å². The van der Waals surface area contributed by atoms with Gasteiger partial charge in [0.25, 0.3) is 11.8 Å².